The van der Waals surface area contributed by atoms with Crippen LogP contribution in [0, 0.1) is 23.3 Å². The van der Waals surface area contributed by atoms with Crippen molar-refractivity contribution in [1.29, 1.82) is 0 Å². The molecule has 0 unspecified atom stereocenters. The summed E-state index contributed by atoms with van der Waals surface area (Å²) >= 11 is 0. The van der Waals surface area contributed by atoms with Gasteiger partial charge in [-0.15, -0.1) is 0 Å². The molecule has 2 aromatic carbocycles. The number of carbonyl (C=O) groups is 1. The van der Waals surface area contributed by atoms with Crippen LogP contribution in [0.4, 0.5) is 23.2 Å². The minimum absolute atomic E-state index is 0.148. The summed E-state index contributed by atoms with van der Waals surface area (Å²) in [7, 11) is 0. The van der Waals surface area contributed by atoms with Crippen molar-refractivity contribution in [2.24, 2.45) is 0 Å². The van der Waals surface area contributed by atoms with Crippen LogP contribution in [0.15, 0.2) is 24.3 Å². The van der Waals surface area contributed by atoms with Crippen LogP contribution in [0.25, 0.3) is 0 Å². The van der Waals surface area contributed by atoms with Gasteiger partial charge in [-0.1, -0.05) is 32.9 Å². The number of phenols is 1. The predicted molar refractivity (Wildman–Crippen MR) is 85.7 cm³/mol. The molecule has 0 radical (unpaired) electrons. The maximum Gasteiger partial charge on any atom is 0.261 e. The maximum atomic E-state index is 14.4. The van der Waals surface area contributed by atoms with E-state index in [0.717, 1.165) is 0 Å². The summed E-state index contributed by atoms with van der Waals surface area (Å²) in [5, 5.41) is 11.6. The summed E-state index contributed by atoms with van der Waals surface area (Å²) < 4.78 is 57.3. The lowest BCUT2D eigenvalue weighted by molar-refractivity contribution is 0.101. The molecule has 0 aliphatic rings. The van der Waals surface area contributed by atoms with Crippen molar-refractivity contribution in [2.75, 3.05) is 5.32 Å². The first kappa shape index (κ1) is 18.8. The molecule has 2 N–H and O–H groups in total. The van der Waals surface area contributed by atoms with E-state index in [1.165, 1.54) is 38.1 Å². The molecule has 2 aromatic rings. The number of amides is 1. The average molecular weight is 355 g/mol. The van der Waals surface area contributed by atoms with Crippen LogP contribution in [0.5, 0.6) is 5.75 Å². The number of rotatable bonds is 4. The van der Waals surface area contributed by atoms with Gasteiger partial charge in [-0.05, 0) is 24.0 Å². The summed E-state index contributed by atoms with van der Waals surface area (Å²) in [6.07, 6.45) is 0.225. The zero-order chi connectivity index (χ0) is 18.9. The van der Waals surface area contributed by atoms with E-state index in [9.17, 15) is 27.5 Å². The molecule has 0 aromatic heterocycles. The number of halogens is 4. The van der Waals surface area contributed by atoms with Crippen LogP contribution < -0.4 is 5.32 Å². The van der Waals surface area contributed by atoms with Crippen LogP contribution >= 0.6 is 0 Å². The van der Waals surface area contributed by atoms with Crippen LogP contribution in [-0.2, 0) is 5.41 Å². The summed E-state index contributed by atoms with van der Waals surface area (Å²) in [6, 6.07) is 5.42. The van der Waals surface area contributed by atoms with E-state index in [0.29, 0.717) is 0 Å². The Morgan fingerprint density at radius 1 is 1.04 bits per heavy atom. The lowest BCUT2D eigenvalue weighted by Crippen LogP contribution is -2.25. The Balaban J connectivity index is 2.57. The van der Waals surface area contributed by atoms with Gasteiger partial charge in [0.25, 0.3) is 5.91 Å². The van der Waals surface area contributed by atoms with E-state index in [-0.39, 0.29) is 17.9 Å². The monoisotopic (exact) mass is 355 g/mol. The first-order chi connectivity index (χ1) is 11.6. The van der Waals surface area contributed by atoms with Gasteiger partial charge in [0, 0.05) is 5.56 Å². The summed E-state index contributed by atoms with van der Waals surface area (Å²) in [5.74, 6) is -8.52. The minimum Gasteiger partial charge on any atom is -0.506 e. The van der Waals surface area contributed by atoms with Crippen LogP contribution in [0.3, 0.4) is 0 Å². The zero-order valence-corrected chi connectivity index (χ0v) is 13.9. The second-order valence-corrected chi connectivity index (χ2v) is 6.21. The largest absolute Gasteiger partial charge is 0.506 e. The molecule has 25 heavy (non-hydrogen) atoms. The number of para-hydroxylation sites is 2. The second-order valence-electron chi connectivity index (χ2n) is 6.21. The van der Waals surface area contributed by atoms with Gasteiger partial charge in [-0.2, -0.15) is 0 Å². The molecule has 2 rings (SSSR count). The Hall–Kier alpha value is -2.57. The molecule has 0 bridgehead atoms. The van der Waals surface area contributed by atoms with Crippen molar-refractivity contribution in [2.45, 2.75) is 32.6 Å². The Morgan fingerprint density at radius 2 is 1.56 bits per heavy atom. The second kappa shape index (κ2) is 6.74. The van der Waals surface area contributed by atoms with Gasteiger partial charge in [0.05, 0.1) is 5.69 Å². The van der Waals surface area contributed by atoms with E-state index < -0.39 is 45.7 Å². The predicted octanol–water partition coefficient (Wildman–Crippen LogP) is 4.89. The van der Waals surface area contributed by atoms with Crippen molar-refractivity contribution in [3.8, 4) is 5.75 Å². The molecular formula is C18H17F4NO2. The number of phenolic OH excluding ortho intramolecular Hbond substituents is 1. The average Bonchev–Trinajstić information content (AvgIpc) is 2.55. The van der Waals surface area contributed by atoms with Gasteiger partial charge in [0.2, 0.25) is 0 Å². The summed E-state index contributed by atoms with van der Waals surface area (Å²) in [4.78, 5) is 12.1. The van der Waals surface area contributed by atoms with Gasteiger partial charge in [-0.25, -0.2) is 17.6 Å². The SMILES string of the molecule is CCC(C)(C)c1c(F)c(F)c(C(=O)Nc2ccccc2O)c(F)c1F. The van der Waals surface area contributed by atoms with Crippen molar-refractivity contribution < 1.29 is 27.5 Å². The fraction of sp³-hybridized carbons (Fsp3) is 0.278. The van der Waals surface area contributed by atoms with E-state index in [1.54, 1.807) is 6.92 Å². The highest BCUT2D eigenvalue weighted by molar-refractivity contribution is 6.05. The third-order valence-corrected chi connectivity index (χ3v) is 4.20. The highest BCUT2D eigenvalue weighted by Gasteiger charge is 2.35. The Kier molecular flexibility index (Phi) is 5.06. The molecular weight excluding hydrogens is 338 g/mol. The highest BCUT2D eigenvalue weighted by atomic mass is 19.2. The first-order valence-corrected chi connectivity index (χ1v) is 7.57. The van der Waals surface area contributed by atoms with Crippen LogP contribution in [0.1, 0.15) is 43.1 Å². The number of nitrogens with one attached hydrogen (secondary N) is 1. The van der Waals surface area contributed by atoms with Gasteiger partial charge in [0.1, 0.15) is 11.3 Å². The first-order valence-electron chi connectivity index (χ1n) is 7.57. The van der Waals surface area contributed by atoms with Crippen molar-refractivity contribution in [3.05, 3.63) is 58.7 Å². The number of hydrogen-bond donors (Lipinski definition) is 2. The Morgan fingerprint density at radius 3 is 2.04 bits per heavy atom. The van der Waals surface area contributed by atoms with Crippen molar-refractivity contribution >= 4 is 11.6 Å². The number of anilines is 1. The summed E-state index contributed by atoms with van der Waals surface area (Å²) in [6.45, 7) is 4.50. The standard InChI is InChI=1S/C18H17F4NO2/c1-4-18(2,3)12-15(21)13(19)11(14(20)16(12)22)17(25)23-9-7-5-6-8-10(9)24/h5-8,24H,4H2,1-3H3,(H,23,25). The minimum atomic E-state index is -1.77. The van der Waals surface area contributed by atoms with E-state index >= 15 is 0 Å². The molecule has 0 aliphatic carbocycles. The van der Waals surface area contributed by atoms with E-state index in [1.807, 2.05) is 5.32 Å². The van der Waals surface area contributed by atoms with Crippen molar-refractivity contribution in [1.82, 2.24) is 0 Å². The number of benzene rings is 2. The molecule has 0 heterocycles. The normalized spacial score (nSPS) is 11.5. The molecule has 0 saturated carbocycles. The molecule has 1 amide bonds. The topological polar surface area (TPSA) is 49.3 Å². The number of hydrogen-bond acceptors (Lipinski definition) is 2. The molecule has 134 valence electrons. The molecule has 3 nitrogen and oxygen atoms in total. The highest BCUT2D eigenvalue weighted by Crippen LogP contribution is 2.35. The number of carbonyl (C=O) groups excluding carboxylic acids is 1. The fourth-order valence-corrected chi connectivity index (χ4v) is 2.37. The quantitative estimate of drug-likeness (QED) is 0.466. The zero-order valence-electron chi connectivity index (χ0n) is 13.9. The van der Waals surface area contributed by atoms with Crippen LogP contribution in [-0.4, -0.2) is 11.0 Å². The lowest BCUT2D eigenvalue weighted by Gasteiger charge is -2.25. The molecule has 7 heteroatoms. The van der Waals surface area contributed by atoms with Gasteiger partial charge in [0.15, 0.2) is 23.3 Å². The van der Waals surface area contributed by atoms with Gasteiger partial charge in [-0.3, -0.25) is 4.79 Å². The number of aromatic hydroxyl groups is 1. The summed E-state index contributed by atoms with van der Waals surface area (Å²) in [5.41, 5.74) is -3.44. The Labute approximate surface area is 142 Å². The molecule has 0 saturated heterocycles. The maximum absolute atomic E-state index is 14.4. The molecule has 0 fully saturated rings. The fourth-order valence-electron chi connectivity index (χ4n) is 2.37. The Bertz CT molecular complexity index is 805. The van der Waals surface area contributed by atoms with Gasteiger partial charge < -0.3 is 10.4 Å². The van der Waals surface area contributed by atoms with Crippen LogP contribution in [0.2, 0.25) is 0 Å². The van der Waals surface area contributed by atoms with E-state index in [2.05, 4.69) is 0 Å². The lowest BCUT2D eigenvalue weighted by atomic mass is 9.80. The smallest absolute Gasteiger partial charge is 0.261 e. The third-order valence-electron chi connectivity index (χ3n) is 4.20. The third kappa shape index (κ3) is 3.31. The molecule has 0 atom stereocenters. The van der Waals surface area contributed by atoms with Crippen molar-refractivity contribution in [3.63, 3.8) is 0 Å². The molecule has 0 spiro atoms. The molecule has 0 aliphatic heterocycles. The van der Waals surface area contributed by atoms with E-state index in [4.69, 9.17) is 0 Å². The van der Waals surface area contributed by atoms with Gasteiger partial charge >= 0.3 is 0 Å².